The number of hydrogen-bond donors (Lipinski definition) is 1. The van der Waals surface area contributed by atoms with Crippen LogP contribution >= 0.6 is 39.1 Å². The van der Waals surface area contributed by atoms with Gasteiger partial charge in [0.15, 0.2) is 0 Å². The van der Waals surface area contributed by atoms with E-state index in [-0.39, 0.29) is 21.5 Å². The van der Waals surface area contributed by atoms with Crippen molar-refractivity contribution in [3.63, 3.8) is 0 Å². The first kappa shape index (κ1) is 21.2. The average Bonchev–Trinajstić information content (AvgIpc) is 2.53. The van der Waals surface area contributed by atoms with Crippen LogP contribution in [0.4, 0.5) is 5.69 Å². The molecule has 0 fully saturated rings. The lowest BCUT2D eigenvalue weighted by Crippen LogP contribution is -2.35. The highest BCUT2D eigenvalue weighted by Crippen LogP contribution is 2.28. The van der Waals surface area contributed by atoms with Gasteiger partial charge in [-0.3, -0.25) is 4.79 Å². The van der Waals surface area contributed by atoms with E-state index in [0.717, 1.165) is 19.9 Å². The molecule has 0 saturated heterocycles. The number of amides is 1. The summed E-state index contributed by atoms with van der Waals surface area (Å²) >= 11 is 15.2. The first-order valence-electron chi connectivity index (χ1n) is 7.50. The van der Waals surface area contributed by atoms with Gasteiger partial charge in [0.25, 0.3) is 0 Å². The Kier molecular flexibility index (Phi) is 6.74. The smallest absolute Gasteiger partial charge is 0.244 e. The molecule has 1 amide bonds. The molecule has 0 bridgehead atoms. The Labute approximate surface area is 171 Å². The van der Waals surface area contributed by atoms with Crippen molar-refractivity contribution in [1.82, 2.24) is 4.31 Å². The fourth-order valence-corrected chi connectivity index (χ4v) is 4.96. The molecule has 2 aromatic carbocycles. The summed E-state index contributed by atoms with van der Waals surface area (Å²) in [6, 6.07) is 7.90. The summed E-state index contributed by atoms with van der Waals surface area (Å²) in [5, 5.41) is 3.05. The van der Waals surface area contributed by atoms with Gasteiger partial charge in [-0.25, -0.2) is 8.42 Å². The summed E-state index contributed by atoms with van der Waals surface area (Å²) in [6.07, 6.45) is 0. The largest absolute Gasteiger partial charge is 0.324 e. The van der Waals surface area contributed by atoms with Gasteiger partial charge in [-0.15, -0.1) is 0 Å². The lowest BCUT2D eigenvalue weighted by Gasteiger charge is -2.19. The first-order chi connectivity index (χ1) is 12.0. The zero-order chi connectivity index (χ0) is 19.6. The van der Waals surface area contributed by atoms with Crippen LogP contribution in [-0.4, -0.2) is 32.2 Å². The van der Waals surface area contributed by atoms with Crippen LogP contribution in [0.2, 0.25) is 10.0 Å². The normalized spacial score (nSPS) is 11.7. The Morgan fingerprint density at radius 3 is 2.31 bits per heavy atom. The number of benzene rings is 2. The molecule has 0 saturated carbocycles. The van der Waals surface area contributed by atoms with Gasteiger partial charge in [-0.2, -0.15) is 4.31 Å². The van der Waals surface area contributed by atoms with Gasteiger partial charge >= 0.3 is 0 Å². The molecular weight excluding hydrogens is 463 g/mol. The van der Waals surface area contributed by atoms with Crippen LogP contribution in [0.25, 0.3) is 0 Å². The Morgan fingerprint density at radius 1 is 1.15 bits per heavy atom. The molecule has 0 radical (unpaired) electrons. The SMILES string of the molecule is Cc1cc(Br)cc(C)c1NC(=O)CN(C)S(=O)(=O)c1cc(Cl)ccc1Cl. The van der Waals surface area contributed by atoms with E-state index in [4.69, 9.17) is 23.2 Å². The summed E-state index contributed by atoms with van der Waals surface area (Å²) < 4.78 is 27.2. The van der Waals surface area contributed by atoms with Crippen molar-refractivity contribution >= 4 is 60.7 Å². The quantitative estimate of drug-likeness (QED) is 0.679. The van der Waals surface area contributed by atoms with Crippen molar-refractivity contribution in [3.05, 3.63) is 56.0 Å². The van der Waals surface area contributed by atoms with Gasteiger partial charge in [0.05, 0.1) is 11.6 Å². The predicted molar refractivity (Wildman–Crippen MR) is 109 cm³/mol. The van der Waals surface area contributed by atoms with Gasteiger partial charge in [-0.1, -0.05) is 39.1 Å². The number of anilines is 1. The maximum absolute atomic E-state index is 12.7. The van der Waals surface area contributed by atoms with Gasteiger partial charge in [0.1, 0.15) is 4.90 Å². The Morgan fingerprint density at radius 2 is 1.73 bits per heavy atom. The molecule has 5 nitrogen and oxygen atoms in total. The highest BCUT2D eigenvalue weighted by molar-refractivity contribution is 9.10. The van der Waals surface area contributed by atoms with Gasteiger partial charge in [-0.05, 0) is 55.3 Å². The summed E-state index contributed by atoms with van der Waals surface area (Å²) in [6.45, 7) is 3.36. The predicted octanol–water partition coefficient (Wildman–Crippen LogP) is 4.63. The minimum absolute atomic E-state index is 0.0428. The number of carbonyl (C=O) groups excluding carboxylic acids is 1. The second-order valence-corrected chi connectivity index (χ2v) is 9.57. The lowest BCUT2D eigenvalue weighted by atomic mass is 10.1. The zero-order valence-corrected chi connectivity index (χ0v) is 18.2. The molecule has 0 aliphatic rings. The Bertz CT molecular complexity index is 941. The van der Waals surface area contributed by atoms with Crippen LogP contribution in [0.3, 0.4) is 0 Å². The summed E-state index contributed by atoms with van der Waals surface area (Å²) in [4.78, 5) is 12.2. The summed E-state index contributed by atoms with van der Waals surface area (Å²) in [7, 11) is -2.64. The number of carbonyl (C=O) groups is 1. The van der Waals surface area contributed by atoms with E-state index in [2.05, 4.69) is 21.2 Å². The van der Waals surface area contributed by atoms with E-state index in [1.165, 1.54) is 25.2 Å². The van der Waals surface area contributed by atoms with E-state index in [1.54, 1.807) is 0 Å². The molecular formula is C17H17BrCl2N2O3S. The topological polar surface area (TPSA) is 66.5 Å². The molecule has 0 aliphatic heterocycles. The fourth-order valence-electron chi connectivity index (χ4n) is 2.42. The maximum atomic E-state index is 12.7. The van der Waals surface area contributed by atoms with E-state index in [1.807, 2.05) is 26.0 Å². The van der Waals surface area contributed by atoms with Crippen LogP contribution in [0.5, 0.6) is 0 Å². The molecule has 1 N–H and O–H groups in total. The monoisotopic (exact) mass is 478 g/mol. The molecule has 0 aliphatic carbocycles. The molecule has 0 spiro atoms. The standard InChI is InChI=1S/C17H17BrCl2N2O3S/c1-10-6-12(18)7-11(2)17(10)21-16(23)9-22(3)26(24,25)15-8-13(19)4-5-14(15)20/h4-8H,9H2,1-3H3,(H,21,23). The highest BCUT2D eigenvalue weighted by atomic mass is 79.9. The fraction of sp³-hybridized carbons (Fsp3) is 0.235. The van der Waals surface area contributed by atoms with Gasteiger partial charge in [0.2, 0.25) is 15.9 Å². The third kappa shape index (κ3) is 4.78. The van der Waals surface area contributed by atoms with Crippen molar-refractivity contribution in [1.29, 1.82) is 0 Å². The Balaban J connectivity index is 2.20. The van der Waals surface area contributed by atoms with Crippen molar-refractivity contribution in [3.8, 4) is 0 Å². The van der Waals surface area contributed by atoms with E-state index in [9.17, 15) is 13.2 Å². The molecule has 140 valence electrons. The molecule has 2 aromatic rings. The van der Waals surface area contributed by atoms with Crippen molar-refractivity contribution in [2.45, 2.75) is 18.7 Å². The van der Waals surface area contributed by atoms with Crippen LogP contribution in [0, 0.1) is 13.8 Å². The summed E-state index contributed by atoms with van der Waals surface area (Å²) in [5.74, 6) is -0.456. The van der Waals surface area contributed by atoms with Gasteiger partial charge < -0.3 is 5.32 Å². The van der Waals surface area contributed by atoms with E-state index in [0.29, 0.717) is 5.69 Å². The number of halogens is 3. The van der Waals surface area contributed by atoms with Gasteiger partial charge in [0, 0.05) is 22.2 Å². The molecule has 0 unspecified atom stereocenters. The minimum Gasteiger partial charge on any atom is -0.324 e. The average molecular weight is 480 g/mol. The van der Waals surface area contributed by atoms with E-state index < -0.39 is 15.9 Å². The number of sulfonamides is 1. The Hall–Kier alpha value is -1.12. The number of nitrogens with one attached hydrogen (secondary N) is 1. The number of hydrogen-bond acceptors (Lipinski definition) is 3. The zero-order valence-electron chi connectivity index (χ0n) is 14.3. The second kappa shape index (κ2) is 8.27. The molecule has 26 heavy (non-hydrogen) atoms. The maximum Gasteiger partial charge on any atom is 0.244 e. The van der Waals surface area contributed by atoms with Crippen LogP contribution in [-0.2, 0) is 14.8 Å². The van der Waals surface area contributed by atoms with Crippen molar-refractivity contribution < 1.29 is 13.2 Å². The van der Waals surface area contributed by atoms with E-state index >= 15 is 0 Å². The lowest BCUT2D eigenvalue weighted by molar-refractivity contribution is -0.116. The molecule has 0 aromatic heterocycles. The molecule has 0 atom stereocenters. The summed E-state index contributed by atoms with van der Waals surface area (Å²) in [5.41, 5.74) is 2.40. The van der Waals surface area contributed by atoms with Crippen LogP contribution in [0.15, 0.2) is 39.7 Å². The number of rotatable bonds is 5. The number of likely N-dealkylation sites (N-methyl/N-ethyl adjacent to an activating group) is 1. The third-order valence-corrected chi connectivity index (χ3v) is 6.69. The minimum atomic E-state index is -3.96. The molecule has 0 heterocycles. The molecule has 2 rings (SSSR count). The first-order valence-corrected chi connectivity index (χ1v) is 10.5. The number of aryl methyl sites for hydroxylation is 2. The van der Waals surface area contributed by atoms with Crippen LogP contribution < -0.4 is 5.32 Å². The molecule has 9 heteroatoms. The van der Waals surface area contributed by atoms with Crippen LogP contribution in [0.1, 0.15) is 11.1 Å². The van der Waals surface area contributed by atoms with Crippen molar-refractivity contribution in [2.24, 2.45) is 0 Å². The number of nitrogens with zero attached hydrogens (tertiary/aromatic N) is 1. The second-order valence-electron chi connectivity index (χ2n) is 5.80. The highest BCUT2D eigenvalue weighted by Gasteiger charge is 2.26. The third-order valence-electron chi connectivity index (χ3n) is 3.71. The van der Waals surface area contributed by atoms with Crippen molar-refractivity contribution in [2.75, 3.05) is 18.9 Å².